The maximum atomic E-state index is 10.7. The van der Waals surface area contributed by atoms with E-state index in [0.29, 0.717) is 0 Å². The number of aldehydes is 1. The minimum atomic E-state index is 0.847. The van der Waals surface area contributed by atoms with Gasteiger partial charge in [0.1, 0.15) is 0 Å². The fraction of sp³-hybridized carbons (Fsp3) is 0.417. The average molecular weight is 176 g/mol. The largest absolute Gasteiger partial charge is 0.298 e. The van der Waals surface area contributed by atoms with Crippen molar-refractivity contribution in [1.82, 2.24) is 0 Å². The molecule has 0 aliphatic carbocycles. The highest BCUT2D eigenvalue weighted by Gasteiger charge is 2.02. The van der Waals surface area contributed by atoms with Crippen molar-refractivity contribution in [1.29, 1.82) is 0 Å². The predicted octanol–water partition coefficient (Wildman–Crippen LogP) is 3.07. The Hall–Kier alpha value is -1.11. The lowest BCUT2D eigenvalue weighted by molar-refractivity contribution is 0.112. The third-order valence-electron chi connectivity index (χ3n) is 2.31. The van der Waals surface area contributed by atoms with E-state index in [4.69, 9.17) is 0 Å². The molecule has 0 fully saturated rings. The van der Waals surface area contributed by atoms with Gasteiger partial charge in [-0.15, -0.1) is 0 Å². The fourth-order valence-corrected chi connectivity index (χ4v) is 1.68. The smallest absolute Gasteiger partial charge is 0.150 e. The van der Waals surface area contributed by atoms with Crippen LogP contribution in [0.3, 0.4) is 0 Å². The van der Waals surface area contributed by atoms with Crippen molar-refractivity contribution >= 4 is 6.29 Å². The first-order valence-electron chi connectivity index (χ1n) is 4.74. The Balaban J connectivity index is 3.12. The normalized spacial score (nSPS) is 10.1. The van der Waals surface area contributed by atoms with Crippen LogP contribution in [0.15, 0.2) is 12.1 Å². The Morgan fingerprint density at radius 1 is 1.23 bits per heavy atom. The van der Waals surface area contributed by atoms with Gasteiger partial charge in [0, 0.05) is 5.56 Å². The minimum absolute atomic E-state index is 0.847. The highest BCUT2D eigenvalue weighted by molar-refractivity contribution is 5.79. The molecule has 1 rings (SSSR count). The molecule has 0 heterocycles. The standard InChI is InChI=1S/C12H16O/c1-4-5-11-6-9(2)12(8-13)10(3)7-11/h6-8H,4-5H2,1-3H3. The van der Waals surface area contributed by atoms with Gasteiger partial charge >= 0.3 is 0 Å². The molecule has 0 amide bonds. The SMILES string of the molecule is CCCc1cc(C)c(C=O)c(C)c1. The van der Waals surface area contributed by atoms with Gasteiger partial charge < -0.3 is 0 Å². The van der Waals surface area contributed by atoms with Crippen LogP contribution in [0.4, 0.5) is 0 Å². The summed E-state index contributed by atoms with van der Waals surface area (Å²) in [7, 11) is 0. The third kappa shape index (κ3) is 2.18. The van der Waals surface area contributed by atoms with Gasteiger partial charge in [-0.1, -0.05) is 25.5 Å². The van der Waals surface area contributed by atoms with Crippen molar-refractivity contribution in [3.63, 3.8) is 0 Å². The van der Waals surface area contributed by atoms with E-state index < -0.39 is 0 Å². The molecule has 0 saturated carbocycles. The molecule has 0 atom stereocenters. The minimum Gasteiger partial charge on any atom is -0.298 e. The van der Waals surface area contributed by atoms with Crippen LogP contribution in [0, 0.1) is 13.8 Å². The van der Waals surface area contributed by atoms with Crippen molar-refractivity contribution in [3.8, 4) is 0 Å². The van der Waals surface area contributed by atoms with Crippen LogP contribution in [0.2, 0.25) is 0 Å². The summed E-state index contributed by atoms with van der Waals surface area (Å²) >= 11 is 0. The van der Waals surface area contributed by atoms with Crippen LogP contribution in [0.5, 0.6) is 0 Å². The van der Waals surface area contributed by atoms with Crippen LogP contribution in [-0.4, -0.2) is 6.29 Å². The molecule has 0 aliphatic rings. The maximum Gasteiger partial charge on any atom is 0.150 e. The molecule has 70 valence electrons. The second kappa shape index (κ2) is 4.22. The number of rotatable bonds is 3. The number of hydrogen-bond acceptors (Lipinski definition) is 1. The zero-order valence-corrected chi connectivity index (χ0v) is 8.55. The van der Waals surface area contributed by atoms with Gasteiger partial charge in [-0.05, 0) is 37.0 Å². The van der Waals surface area contributed by atoms with Crippen molar-refractivity contribution in [3.05, 3.63) is 34.4 Å². The zero-order valence-electron chi connectivity index (χ0n) is 8.55. The molecule has 0 N–H and O–H groups in total. The summed E-state index contributed by atoms with van der Waals surface area (Å²) in [6.07, 6.45) is 3.19. The van der Waals surface area contributed by atoms with E-state index in [1.54, 1.807) is 0 Å². The Labute approximate surface area is 79.8 Å². The molecule has 1 nitrogen and oxygen atoms in total. The van der Waals surface area contributed by atoms with Crippen LogP contribution < -0.4 is 0 Å². The monoisotopic (exact) mass is 176 g/mol. The van der Waals surface area contributed by atoms with E-state index in [2.05, 4.69) is 19.1 Å². The lowest BCUT2D eigenvalue weighted by atomic mass is 9.98. The van der Waals surface area contributed by atoms with E-state index in [-0.39, 0.29) is 0 Å². The maximum absolute atomic E-state index is 10.7. The Morgan fingerprint density at radius 2 is 1.77 bits per heavy atom. The highest BCUT2D eigenvalue weighted by atomic mass is 16.1. The van der Waals surface area contributed by atoms with Crippen LogP contribution in [-0.2, 0) is 6.42 Å². The molecule has 13 heavy (non-hydrogen) atoms. The Bertz CT molecular complexity index is 290. The van der Waals surface area contributed by atoms with E-state index in [1.807, 2.05) is 13.8 Å². The molecule has 1 aromatic carbocycles. The lowest BCUT2D eigenvalue weighted by Gasteiger charge is -2.06. The molecular weight excluding hydrogens is 160 g/mol. The van der Waals surface area contributed by atoms with E-state index in [0.717, 1.165) is 35.8 Å². The van der Waals surface area contributed by atoms with Crippen LogP contribution in [0.1, 0.15) is 40.4 Å². The number of carbonyl (C=O) groups is 1. The first-order chi connectivity index (χ1) is 6.19. The summed E-state index contributed by atoms with van der Waals surface area (Å²) in [5.74, 6) is 0. The molecule has 0 aliphatic heterocycles. The quantitative estimate of drug-likeness (QED) is 0.647. The predicted molar refractivity (Wildman–Crippen MR) is 55.3 cm³/mol. The summed E-state index contributed by atoms with van der Waals surface area (Å²) in [6, 6.07) is 4.22. The Kier molecular flexibility index (Phi) is 3.24. The van der Waals surface area contributed by atoms with Gasteiger partial charge in [0.15, 0.2) is 6.29 Å². The van der Waals surface area contributed by atoms with Crippen LogP contribution >= 0.6 is 0 Å². The van der Waals surface area contributed by atoms with E-state index in [1.165, 1.54) is 5.56 Å². The van der Waals surface area contributed by atoms with Crippen molar-refractivity contribution in [2.75, 3.05) is 0 Å². The first-order valence-corrected chi connectivity index (χ1v) is 4.74. The molecule has 0 saturated heterocycles. The summed E-state index contributed by atoms with van der Waals surface area (Å²) < 4.78 is 0. The van der Waals surface area contributed by atoms with Crippen LogP contribution in [0.25, 0.3) is 0 Å². The van der Waals surface area contributed by atoms with Gasteiger partial charge in [-0.25, -0.2) is 0 Å². The van der Waals surface area contributed by atoms with Crippen molar-refractivity contribution in [2.45, 2.75) is 33.6 Å². The van der Waals surface area contributed by atoms with Crippen molar-refractivity contribution in [2.24, 2.45) is 0 Å². The van der Waals surface area contributed by atoms with Gasteiger partial charge in [-0.2, -0.15) is 0 Å². The topological polar surface area (TPSA) is 17.1 Å². The molecule has 1 heteroatoms. The zero-order chi connectivity index (χ0) is 9.84. The molecule has 1 aromatic rings. The van der Waals surface area contributed by atoms with Gasteiger partial charge in [0.2, 0.25) is 0 Å². The molecular formula is C12H16O. The summed E-state index contributed by atoms with van der Waals surface area (Å²) in [5.41, 5.74) is 4.37. The first kappa shape index (κ1) is 9.97. The number of aryl methyl sites for hydroxylation is 3. The molecule has 0 radical (unpaired) electrons. The molecule has 0 aromatic heterocycles. The number of hydrogen-bond donors (Lipinski definition) is 0. The number of benzene rings is 1. The van der Waals surface area contributed by atoms with Gasteiger partial charge in [0.05, 0.1) is 0 Å². The summed E-state index contributed by atoms with van der Waals surface area (Å²) in [6.45, 7) is 6.16. The fourth-order valence-electron chi connectivity index (χ4n) is 1.68. The van der Waals surface area contributed by atoms with Gasteiger partial charge in [-0.3, -0.25) is 4.79 Å². The number of carbonyl (C=O) groups excluding carboxylic acids is 1. The third-order valence-corrected chi connectivity index (χ3v) is 2.31. The van der Waals surface area contributed by atoms with Gasteiger partial charge in [0.25, 0.3) is 0 Å². The molecule has 0 bridgehead atoms. The molecule has 0 spiro atoms. The summed E-state index contributed by atoms with van der Waals surface area (Å²) in [5, 5.41) is 0. The second-order valence-electron chi connectivity index (χ2n) is 3.51. The highest BCUT2D eigenvalue weighted by Crippen LogP contribution is 2.15. The molecule has 0 unspecified atom stereocenters. The average Bonchev–Trinajstić information content (AvgIpc) is 2.04. The lowest BCUT2D eigenvalue weighted by Crippen LogP contribution is -1.94. The van der Waals surface area contributed by atoms with Crippen molar-refractivity contribution < 1.29 is 4.79 Å². The van der Waals surface area contributed by atoms with E-state index >= 15 is 0 Å². The summed E-state index contributed by atoms with van der Waals surface area (Å²) in [4.78, 5) is 10.7. The van der Waals surface area contributed by atoms with E-state index in [9.17, 15) is 4.79 Å². The second-order valence-corrected chi connectivity index (χ2v) is 3.51. The Morgan fingerprint density at radius 3 is 2.15 bits per heavy atom.